The summed E-state index contributed by atoms with van der Waals surface area (Å²) >= 11 is 0. The Morgan fingerprint density at radius 3 is 2.89 bits per heavy atom. The summed E-state index contributed by atoms with van der Waals surface area (Å²) in [5.74, 6) is -0.368. The first-order valence-electron chi connectivity index (χ1n) is 3.83. The Balaban J connectivity index is 2.32. The van der Waals surface area contributed by atoms with Gasteiger partial charge in [0.25, 0.3) is 0 Å². The molecule has 0 aliphatic carbocycles. The van der Waals surface area contributed by atoms with E-state index in [4.69, 9.17) is 10.8 Å². The molecule has 9 heavy (non-hydrogen) atoms. The second-order valence-corrected chi connectivity index (χ2v) is 2.30. The minimum absolute atomic E-state index is 0.368. The maximum atomic E-state index is 7.82. The van der Waals surface area contributed by atoms with Crippen molar-refractivity contribution in [2.75, 3.05) is 26.9 Å². The van der Waals surface area contributed by atoms with Crippen molar-refractivity contribution in [3.8, 4) is 0 Å². The van der Waals surface area contributed by atoms with Crippen LogP contribution in [0.3, 0.4) is 0 Å². The van der Waals surface area contributed by atoms with Crippen molar-refractivity contribution in [1.29, 1.82) is 0 Å². The van der Waals surface area contributed by atoms with Crippen LogP contribution in [-0.4, -0.2) is 26.9 Å². The Kier molecular flexibility index (Phi) is 2.43. The standard InChI is InChI=1S/C7H14O2/c1-8-6-7-2-4-9-5-3-7/h7H,2-6H2,1H3/i7D. The van der Waals surface area contributed by atoms with Gasteiger partial charge >= 0.3 is 0 Å². The normalized spacial score (nSPS) is 27.4. The lowest BCUT2D eigenvalue weighted by molar-refractivity contribution is 0.0343. The van der Waals surface area contributed by atoms with Crippen LogP contribution in [-0.2, 0) is 9.47 Å². The van der Waals surface area contributed by atoms with Crippen molar-refractivity contribution in [1.82, 2.24) is 0 Å². The summed E-state index contributed by atoms with van der Waals surface area (Å²) in [6.45, 7) is 1.97. The van der Waals surface area contributed by atoms with E-state index < -0.39 is 0 Å². The molecule has 2 nitrogen and oxygen atoms in total. The van der Waals surface area contributed by atoms with E-state index >= 15 is 0 Å². The molecule has 0 saturated carbocycles. The van der Waals surface area contributed by atoms with Crippen LogP contribution in [0.5, 0.6) is 0 Å². The molecular formula is C7H14O2. The molecule has 0 aromatic rings. The van der Waals surface area contributed by atoms with Gasteiger partial charge in [-0.05, 0) is 18.7 Å². The van der Waals surface area contributed by atoms with Crippen LogP contribution >= 0.6 is 0 Å². The highest BCUT2D eigenvalue weighted by molar-refractivity contribution is 4.61. The summed E-state index contributed by atoms with van der Waals surface area (Å²) in [4.78, 5) is 0. The predicted octanol–water partition coefficient (Wildman–Crippen LogP) is 1.06. The first kappa shape index (κ1) is 5.69. The van der Waals surface area contributed by atoms with Gasteiger partial charge in [0, 0.05) is 28.3 Å². The van der Waals surface area contributed by atoms with Crippen LogP contribution in [0, 0.1) is 5.89 Å². The van der Waals surface area contributed by atoms with Crippen LogP contribution in [0.2, 0.25) is 0 Å². The van der Waals surface area contributed by atoms with E-state index in [0.717, 1.165) is 12.8 Å². The minimum Gasteiger partial charge on any atom is -0.384 e. The number of hydrogen-bond acceptors (Lipinski definition) is 2. The zero-order valence-electron chi connectivity index (χ0n) is 6.85. The van der Waals surface area contributed by atoms with Gasteiger partial charge in [0.2, 0.25) is 0 Å². The largest absolute Gasteiger partial charge is 0.384 e. The van der Waals surface area contributed by atoms with Crippen molar-refractivity contribution < 1.29 is 10.8 Å². The molecule has 0 bridgehead atoms. The van der Waals surface area contributed by atoms with Crippen molar-refractivity contribution >= 4 is 0 Å². The van der Waals surface area contributed by atoms with Gasteiger partial charge in [-0.1, -0.05) is 0 Å². The fourth-order valence-corrected chi connectivity index (χ4v) is 1.01. The van der Waals surface area contributed by atoms with Crippen LogP contribution in [0.1, 0.15) is 14.2 Å². The van der Waals surface area contributed by atoms with Gasteiger partial charge in [-0.3, -0.25) is 0 Å². The summed E-state index contributed by atoms with van der Waals surface area (Å²) in [6.07, 6.45) is 1.61. The monoisotopic (exact) mass is 131 g/mol. The number of ether oxygens (including phenoxy) is 2. The lowest BCUT2D eigenvalue weighted by Gasteiger charge is -2.20. The molecule has 1 aliphatic rings. The molecule has 0 spiro atoms. The molecule has 1 aliphatic heterocycles. The van der Waals surface area contributed by atoms with Crippen molar-refractivity contribution in [3.05, 3.63) is 0 Å². The van der Waals surface area contributed by atoms with Gasteiger partial charge in [-0.15, -0.1) is 0 Å². The van der Waals surface area contributed by atoms with Crippen molar-refractivity contribution in [2.45, 2.75) is 12.8 Å². The number of hydrogen-bond donors (Lipinski definition) is 0. The fraction of sp³-hybridized carbons (Fsp3) is 1.00. The quantitative estimate of drug-likeness (QED) is 0.558. The third-order valence-corrected chi connectivity index (χ3v) is 1.55. The van der Waals surface area contributed by atoms with E-state index in [1.165, 1.54) is 0 Å². The Hall–Kier alpha value is -0.0800. The maximum absolute atomic E-state index is 7.82. The van der Waals surface area contributed by atoms with E-state index in [0.29, 0.717) is 19.8 Å². The second-order valence-electron chi connectivity index (χ2n) is 2.30. The molecule has 1 rings (SSSR count). The van der Waals surface area contributed by atoms with Crippen LogP contribution in [0.25, 0.3) is 0 Å². The van der Waals surface area contributed by atoms with Crippen LogP contribution in [0.15, 0.2) is 0 Å². The van der Waals surface area contributed by atoms with E-state index in [1.54, 1.807) is 7.11 Å². The van der Waals surface area contributed by atoms with E-state index in [1.807, 2.05) is 0 Å². The highest BCUT2D eigenvalue weighted by Crippen LogP contribution is 2.13. The Labute approximate surface area is 57.6 Å². The molecule has 54 valence electrons. The first-order valence-corrected chi connectivity index (χ1v) is 3.33. The van der Waals surface area contributed by atoms with E-state index in [2.05, 4.69) is 0 Å². The molecule has 0 amide bonds. The summed E-state index contributed by atoms with van der Waals surface area (Å²) in [5, 5.41) is 0. The topological polar surface area (TPSA) is 18.5 Å². The molecule has 1 saturated heterocycles. The van der Waals surface area contributed by atoms with Crippen molar-refractivity contribution in [2.24, 2.45) is 5.89 Å². The van der Waals surface area contributed by atoms with Crippen LogP contribution < -0.4 is 0 Å². The molecule has 2 heteroatoms. The van der Waals surface area contributed by atoms with Crippen molar-refractivity contribution in [3.63, 3.8) is 0 Å². The van der Waals surface area contributed by atoms with Gasteiger partial charge in [0.1, 0.15) is 0 Å². The maximum Gasteiger partial charge on any atom is 0.0492 e. The van der Waals surface area contributed by atoms with Gasteiger partial charge in [-0.25, -0.2) is 0 Å². The smallest absolute Gasteiger partial charge is 0.0492 e. The SMILES string of the molecule is [2H]C1(COC)CCOCC1. The molecule has 0 radical (unpaired) electrons. The molecule has 0 unspecified atom stereocenters. The lowest BCUT2D eigenvalue weighted by atomic mass is 10.0. The number of rotatable bonds is 2. The van der Waals surface area contributed by atoms with Crippen LogP contribution in [0.4, 0.5) is 0 Å². The molecule has 0 atom stereocenters. The lowest BCUT2D eigenvalue weighted by Crippen LogP contribution is -2.19. The molecule has 0 aromatic heterocycles. The zero-order valence-corrected chi connectivity index (χ0v) is 5.85. The highest BCUT2D eigenvalue weighted by atomic mass is 16.5. The minimum atomic E-state index is -0.368. The van der Waals surface area contributed by atoms with Gasteiger partial charge < -0.3 is 9.47 Å². The average Bonchev–Trinajstić information content (AvgIpc) is 1.89. The highest BCUT2D eigenvalue weighted by Gasteiger charge is 2.12. The summed E-state index contributed by atoms with van der Waals surface area (Å²) < 4.78 is 17.9. The fourth-order valence-electron chi connectivity index (χ4n) is 1.01. The second kappa shape index (κ2) is 3.85. The summed E-state index contributed by atoms with van der Waals surface area (Å²) in [7, 11) is 1.64. The zero-order chi connectivity index (χ0) is 7.45. The Bertz CT molecular complexity index is 94.3. The van der Waals surface area contributed by atoms with Gasteiger partial charge in [-0.2, -0.15) is 0 Å². The first-order chi connectivity index (χ1) is 4.77. The number of methoxy groups -OCH3 is 1. The molecule has 0 aromatic carbocycles. The molecule has 1 heterocycles. The van der Waals surface area contributed by atoms with Gasteiger partial charge in [0.05, 0.1) is 0 Å². The van der Waals surface area contributed by atoms with E-state index in [-0.39, 0.29) is 5.89 Å². The Morgan fingerprint density at radius 1 is 1.67 bits per heavy atom. The third kappa shape index (κ3) is 2.33. The predicted molar refractivity (Wildman–Crippen MR) is 35.4 cm³/mol. The van der Waals surface area contributed by atoms with Gasteiger partial charge in [0.15, 0.2) is 0 Å². The molecule has 1 fully saturated rings. The molecular weight excluding hydrogens is 116 g/mol. The summed E-state index contributed by atoms with van der Waals surface area (Å²) in [6, 6.07) is 0. The average molecular weight is 131 g/mol. The summed E-state index contributed by atoms with van der Waals surface area (Å²) in [5.41, 5.74) is 0. The third-order valence-electron chi connectivity index (χ3n) is 1.55. The Morgan fingerprint density at radius 2 is 2.33 bits per heavy atom. The van der Waals surface area contributed by atoms with E-state index in [9.17, 15) is 0 Å². The molecule has 0 N–H and O–H groups in total.